The van der Waals surface area contributed by atoms with Crippen molar-refractivity contribution < 1.29 is 0 Å². The van der Waals surface area contributed by atoms with Gasteiger partial charge in [-0.3, -0.25) is 0 Å². The second-order valence-corrected chi connectivity index (χ2v) is 8.93. The van der Waals surface area contributed by atoms with Crippen LogP contribution in [0.4, 0.5) is 17.1 Å². The van der Waals surface area contributed by atoms with Crippen molar-refractivity contribution in [3.8, 4) is 0 Å². The van der Waals surface area contributed by atoms with Crippen LogP contribution in [0.2, 0.25) is 0 Å². The van der Waals surface area contributed by atoms with Gasteiger partial charge in [0.05, 0.1) is 0 Å². The summed E-state index contributed by atoms with van der Waals surface area (Å²) < 4.78 is 0. The molecule has 0 amide bonds. The van der Waals surface area contributed by atoms with Crippen molar-refractivity contribution in [2.24, 2.45) is 0 Å². The molecule has 2 heteroatoms. The summed E-state index contributed by atoms with van der Waals surface area (Å²) in [5, 5.41) is 2.10. The molecule has 34 heavy (non-hydrogen) atoms. The molecule has 0 atom stereocenters. The van der Waals surface area contributed by atoms with E-state index in [0.29, 0.717) is 0 Å². The van der Waals surface area contributed by atoms with E-state index in [1.54, 1.807) is 11.3 Å². The largest absolute Gasteiger partial charge is 0.311 e. The van der Waals surface area contributed by atoms with E-state index in [4.69, 9.17) is 0 Å². The van der Waals surface area contributed by atoms with Crippen LogP contribution in [-0.4, -0.2) is 0 Å². The average molecular weight is 456 g/mol. The summed E-state index contributed by atoms with van der Waals surface area (Å²) in [6.07, 6.45) is 8.64. The van der Waals surface area contributed by atoms with Crippen molar-refractivity contribution in [1.29, 1.82) is 0 Å². The van der Waals surface area contributed by atoms with Crippen LogP contribution in [0.15, 0.2) is 127 Å². The minimum absolute atomic E-state index is 1.14. The summed E-state index contributed by atoms with van der Waals surface area (Å²) in [7, 11) is 0. The van der Waals surface area contributed by atoms with Crippen molar-refractivity contribution in [2.75, 3.05) is 4.90 Å². The Morgan fingerprint density at radius 3 is 1.32 bits per heavy atom. The van der Waals surface area contributed by atoms with Crippen LogP contribution in [0.25, 0.3) is 24.3 Å². The minimum Gasteiger partial charge on any atom is -0.311 e. The quantitative estimate of drug-likeness (QED) is 0.221. The maximum atomic E-state index is 2.27. The fourth-order valence-electron chi connectivity index (χ4n) is 3.81. The Balaban J connectivity index is 1.31. The Morgan fingerprint density at radius 1 is 0.412 bits per heavy atom. The summed E-state index contributed by atoms with van der Waals surface area (Å²) in [5.74, 6) is 0. The van der Waals surface area contributed by atoms with Gasteiger partial charge in [0.1, 0.15) is 0 Å². The molecule has 0 saturated carbocycles. The normalized spacial score (nSPS) is 11.3. The zero-order chi connectivity index (χ0) is 23.0. The second kappa shape index (κ2) is 10.7. The van der Waals surface area contributed by atoms with Gasteiger partial charge in [-0.2, -0.15) is 0 Å². The Bertz CT molecular complexity index is 1310. The second-order valence-electron chi connectivity index (χ2n) is 7.95. The molecule has 0 fully saturated rings. The first-order chi connectivity index (χ1) is 16.8. The Morgan fingerprint density at radius 2 is 0.853 bits per heavy atom. The Hall–Kier alpha value is -4.14. The van der Waals surface area contributed by atoms with Gasteiger partial charge in [-0.15, -0.1) is 11.3 Å². The first kappa shape index (κ1) is 21.7. The first-order valence-corrected chi connectivity index (χ1v) is 12.2. The zero-order valence-electron chi connectivity index (χ0n) is 18.8. The van der Waals surface area contributed by atoms with Crippen LogP contribution in [-0.2, 0) is 0 Å². The molecule has 0 radical (unpaired) electrons. The molecule has 0 spiro atoms. The van der Waals surface area contributed by atoms with Crippen LogP contribution < -0.4 is 4.90 Å². The predicted molar refractivity (Wildman–Crippen MR) is 150 cm³/mol. The lowest BCUT2D eigenvalue weighted by Gasteiger charge is -2.25. The van der Waals surface area contributed by atoms with Gasteiger partial charge >= 0.3 is 0 Å². The molecule has 1 heterocycles. The number of hydrogen-bond donors (Lipinski definition) is 0. The van der Waals surface area contributed by atoms with Gasteiger partial charge in [-0.25, -0.2) is 0 Å². The summed E-state index contributed by atoms with van der Waals surface area (Å²) in [6.45, 7) is 0. The number of hydrogen-bond acceptors (Lipinski definition) is 2. The van der Waals surface area contributed by atoms with Gasteiger partial charge in [0.15, 0.2) is 0 Å². The standard InChI is InChI=1S/C32H25NS/c1-3-8-29(9-4-1)33(30-10-5-2-6-11-30)31-22-19-28(20-23-31)18-15-26-13-16-27(17-14-26)21-24-32-12-7-25-34-32/h1-25H. The van der Waals surface area contributed by atoms with E-state index in [1.165, 1.54) is 21.6 Å². The lowest BCUT2D eigenvalue weighted by atomic mass is 10.1. The summed E-state index contributed by atoms with van der Waals surface area (Å²) in [5.41, 5.74) is 6.99. The van der Waals surface area contributed by atoms with Crippen molar-refractivity contribution in [1.82, 2.24) is 0 Å². The lowest BCUT2D eigenvalue weighted by Crippen LogP contribution is -2.09. The Kier molecular flexibility index (Phi) is 6.80. The zero-order valence-corrected chi connectivity index (χ0v) is 19.6. The predicted octanol–water partition coefficient (Wildman–Crippen LogP) is 9.56. The fraction of sp³-hybridized carbons (Fsp3) is 0. The third-order valence-corrected chi connectivity index (χ3v) is 6.41. The van der Waals surface area contributed by atoms with Crippen molar-refractivity contribution in [2.45, 2.75) is 0 Å². The molecule has 5 rings (SSSR count). The molecule has 0 aliphatic rings. The van der Waals surface area contributed by atoms with Crippen LogP contribution >= 0.6 is 11.3 Å². The van der Waals surface area contributed by atoms with E-state index in [-0.39, 0.29) is 0 Å². The number of benzene rings is 4. The van der Waals surface area contributed by atoms with Crippen molar-refractivity contribution >= 4 is 52.7 Å². The molecule has 1 nitrogen and oxygen atoms in total. The summed E-state index contributed by atoms with van der Waals surface area (Å²) in [6, 6.07) is 42.5. The van der Waals surface area contributed by atoms with Crippen LogP contribution in [0.5, 0.6) is 0 Å². The topological polar surface area (TPSA) is 3.24 Å². The molecular weight excluding hydrogens is 430 g/mol. The molecule has 1 aromatic heterocycles. The summed E-state index contributed by atoms with van der Waals surface area (Å²) >= 11 is 1.75. The molecule has 164 valence electrons. The minimum atomic E-state index is 1.14. The maximum absolute atomic E-state index is 2.27. The number of rotatable bonds is 7. The highest BCUT2D eigenvalue weighted by Gasteiger charge is 2.11. The average Bonchev–Trinajstić information content (AvgIpc) is 3.43. The van der Waals surface area contributed by atoms with E-state index >= 15 is 0 Å². The lowest BCUT2D eigenvalue weighted by molar-refractivity contribution is 1.28. The van der Waals surface area contributed by atoms with Gasteiger partial charge in [0.25, 0.3) is 0 Å². The fourth-order valence-corrected chi connectivity index (χ4v) is 4.43. The van der Waals surface area contributed by atoms with Gasteiger partial charge in [0, 0.05) is 21.9 Å². The molecule has 0 bridgehead atoms. The Labute approximate surface area is 205 Å². The van der Waals surface area contributed by atoms with Crippen molar-refractivity contribution in [3.05, 3.63) is 148 Å². The highest BCUT2D eigenvalue weighted by Crippen LogP contribution is 2.34. The van der Waals surface area contributed by atoms with Crippen LogP contribution in [0.1, 0.15) is 21.6 Å². The third kappa shape index (κ3) is 5.43. The smallest absolute Gasteiger partial charge is 0.0462 e. The van der Waals surface area contributed by atoms with Crippen molar-refractivity contribution in [3.63, 3.8) is 0 Å². The van der Waals surface area contributed by atoms with E-state index in [9.17, 15) is 0 Å². The summed E-state index contributed by atoms with van der Waals surface area (Å²) in [4.78, 5) is 3.54. The molecule has 0 saturated heterocycles. The van der Waals surface area contributed by atoms with E-state index < -0.39 is 0 Å². The molecular formula is C32H25NS. The van der Waals surface area contributed by atoms with Gasteiger partial charge in [-0.05, 0) is 70.6 Å². The number of para-hydroxylation sites is 2. The highest BCUT2D eigenvalue weighted by molar-refractivity contribution is 7.10. The molecule has 0 aliphatic heterocycles. The van der Waals surface area contributed by atoms with Crippen LogP contribution in [0.3, 0.4) is 0 Å². The first-order valence-electron chi connectivity index (χ1n) is 11.4. The van der Waals surface area contributed by atoms with E-state index in [1.807, 2.05) is 12.1 Å². The monoisotopic (exact) mass is 455 g/mol. The number of nitrogens with zero attached hydrogens (tertiary/aromatic N) is 1. The maximum Gasteiger partial charge on any atom is 0.0462 e. The van der Waals surface area contributed by atoms with E-state index in [0.717, 1.165) is 17.1 Å². The molecule has 0 unspecified atom stereocenters. The van der Waals surface area contributed by atoms with Gasteiger partial charge in [-0.1, -0.05) is 97.1 Å². The SMILES string of the molecule is C(=Cc1ccc(N(c2ccccc2)c2ccccc2)cc1)c1ccc(C=Cc2cccs2)cc1. The highest BCUT2D eigenvalue weighted by atomic mass is 32.1. The van der Waals surface area contributed by atoms with Gasteiger partial charge in [0.2, 0.25) is 0 Å². The molecule has 5 aromatic rings. The molecule has 4 aromatic carbocycles. The van der Waals surface area contributed by atoms with Gasteiger partial charge < -0.3 is 4.90 Å². The molecule has 0 aliphatic carbocycles. The third-order valence-electron chi connectivity index (χ3n) is 5.57. The number of anilines is 3. The van der Waals surface area contributed by atoms with E-state index in [2.05, 4.69) is 144 Å². The van der Waals surface area contributed by atoms with Crippen LogP contribution in [0, 0.1) is 0 Å². The number of thiophene rings is 1. The molecule has 0 N–H and O–H groups in total.